The van der Waals surface area contributed by atoms with Crippen molar-refractivity contribution in [3.05, 3.63) is 30.1 Å². The van der Waals surface area contributed by atoms with Crippen LogP contribution in [0.2, 0.25) is 0 Å². The van der Waals surface area contributed by atoms with Crippen LogP contribution in [0.5, 0.6) is 0 Å². The molecule has 10 nitrogen and oxygen atoms in total. The molecule has 0 unspecified atom stereocenters. The van der Waals surface area contributed by atoms with Crippen molar-refractivity contribution >= 4 is 40.4 Å². The Hall–Kier alpha value is -2.76. The van der Waals surface area contributed by atoms with Crippen LogP contribution in [0.1, 0.15) is 43.2 Å². The van der Waals surface area contributed by atoms with Crippen LogP contribution in [0, 0.1) is 5.92 Å². The molecule has 0 radical (unpaired) electrons. The van der Waals surface area contributed by atoms with Gasteiger partial charge in [0.25, 0.3) is 23.4 Å². The summed E-state index contributed by atoms with van der Waals surface area (Å²) in [7, 11) is 0. The Kier molecular flexibility index (Phi) is 8.31. The Labute approximate surface area is 183 Å². The highest BCUT2D eigenvalue weighted by atomic mass is 35.5. The van der Waals surface area contributed by atoms with Gasteiger partial charge >= 0.3 is 0 Å². The smallest absolute Gasteiger partial charge is 0.291 e. The van der Waals surface area contributed by atoms with Gasteiger partial charge in [-0.15, -0.1) is 0 Å². The molecule has 2 heterocycles. The van der Waals surface area contributed by atoms with E-state index in [0.717, 1.165) is 0 Å². The van der Waals surface area contributed by atoms with E-state index in [1.54, 1.807) is 12.1 Å². The number of primary amides is 1. The van der Waals surface area contributed by atoms with E-state index in [2.05, 4.69) is 10.4 Å². The van der Waals surface area contributed by atoms with Crippen LogP contribution in [-0.4, -0.2) is 55.8 Å². The zero-order valence-electron chi connectivity index (χ0n) is 17.2. The molecule has 3 amide bonds. The lowest BCUT2D eigenvalue weighted by atomic mass is 10.0. The molecule has 0 spiro atoms. The summed E-state index contributed by atoms with van der Waals surface area (Å²) >= 11 is 5.25. The number of fused-ring (bicyclic) bond motifs is 1. The van der Waals surface area contributed by atoms with Crippen LogP contribution < -0.4 is 16.9 Å². The van der Waals surface area contributed by atoms with Gasteiger partial charge in [-0.05, 0) is 30.5 Å². The quantitative estimate of drug-likeness (QED) is 0.248. The zero-order valence-corrected chi connectivity index (χ0v) is 17.9. The Bertz CT molecular complexity index is 949. The number of carbonyl (C=O) groups is 3. The Morgan fingerprint density at radius 3 is 2.61 bits per heavy atom. The minimum absolute atomic E-state index is 0.00237. The maximum atomic E-state index is 13.4. The molecule has 0 saturated carbocycles. The fraction of sp³-hybridized carbons (Fsp3) is 0.474. The van der Waals surface area contributed by atoms with Crippen LogP contribution in [0.25, 0.3) is 11.0 Å². The molecule has 6 N–H and O–H groups in total. The minimum Gasteiger partial charge on any atom is -0.379 e. The summed E-state index contributed by atoms with van der Waals surface area (Å²) in [6.07, 6.45) is 0.391. The number of alkyl halides is 2. The van der Waals surface area contributed by atoms with Gasteiger partial charge in [-0.25, -0.2) is 4.39 Å². The molecule has 0 fully saturated rings. The Morgan fingerprint density at radius 1 is 1.39 bits per heavy atom. The first kappa shape index (κ1) is 24.5. The van der Waals surface area contributed by atoms with Crippen molar-refractivity contribution in [3.63, 3.8) is 0 Å². The summed E-state index contributed by atoms with van der Waals surface area (Å²) in [6, 6.07) is 3.82. The van der Waals surface area contributed by atoms with Crippen molar-refractivity contribution in [2.75, 3.05) is 6.54 Å². The normalized spacial score (nSPS) is 14.3. The van der Waals surface area contributed by atoms with E-state index in [1.165, 1.54) is 16.8 Å². The third kappa shape index (κ3) is 6.12. The molecule has 12 heteroatoms. The highest BCUT2D eigenvalue weighted by Crippen LogP contribution is 2.27. The van der Waals surface area contributed by atoms with Crippen molar-refractivity contribution in [1.82, 2.24) is 20.0 Å². The Balaban J connectivity index is 2.47. The van der Waals surface area contributed by atoms with E-state index in [0.29, 0.717) is 16.0 Å². The average molecular weight is 457 g/mol. The molecule has 3 atom stereocenters. The molecule has 170 valence electrons. The van der Waals surface area contributed by atoms with E-state index in [9.17, 15) is 23.9 Å². The number of carbonyl (C=O) groups excluding carboxylic acids is 3. The lowest BCUT2D eigenvalue weighted by Crippen LogP contribution is -2.52. The molecule has 2 aromatic rings. The third-order valence-corrected chi connectivity index (χ3v) is 4.70. The molecule has 0 saturated heterocycles. The summed E-state index contributed by atoms with van der Waals surface area (Å²) in [5, 5.41) is 9.95. The molecule has 0 aliphatic rings. The van der Waals surface area contributed by atoms with Gasteiger partial charge in [0.2, 0.25) is 0 Å². The first-order chi connectivity index (χ1) is 14.5. The summed E-state index contributed by atoms with van der Waals surface area (Å²) < 4.78 is 14.9. The van der Waals surface area contributed by atoms with Gasteiger partial charge in [-0.2, -0.15) is 0 Å². The van der Waals surface area contributed by atoms with E-state index in [4.69, 9.17) is 23.1 Å². The second kappa shape index (κ2) is 10.5. The predicted octanol–water partition coefficient (Wildman–Crippen LogP) is 0.784. The maximum Gasteiger partial charge on any atom is 0.291 e. The standard InChI is InChI=1S/C19H26ClFN6O4/c1-10(2)8-14(18(30)25-26(7-5-15(22)28)19(31)16(20)21)27-12-4-3-6-24-11(12)9-13(27)17(23)29/h3-4,6,9-10,14-16,28H,5,7-8,22H2,1-2H3,(H2,23,29)(H,25,30)/t14-,15-,16+/m0/s1. The molecular weight excluding hydrogens is 431 g/mol. The number of aliphatic hydroxyl groups excluding tert-OH is 1. The number of nitrogens with two attached hydrogens (primary N) is 2. The molecule has 2 aromatic heterocycles. The van der Waals surface area contributed by atoms with Crippen molar-refractivity contribution in [3.8, 4) is 0 Å². The number of aliphatic hydroxyl groups is 1. The average Bonchev–Trinajstić information content (AvgIpc) is 3.07. The maximum absolute atomic E-state index is 13.4. The van der Waals surface area contributed by atoms with Crippen LogP contribution in [0.4, 0.5) is 4.39 Å². The monoisotopic (exact) mass is 456 g/mol. The van der Waals surface area contributed by atoms with Gasteiger partial charge in [0.05, 0.1) is 11.0 Å². The Morgan fingerprint density at radius 2 is 2.06 bits per heavy atom. The molecule has 0 aliphatic carbocycles. The number of rotatable bonds is 9. The van der Waals surface area contributed by atoms with Crippen molar-refractivity contribution in [2.24, 2.45) is 17.4 Å². The predicted molar refractivity (Wildman–Crippen MR) is 112 cm³/mol. The van der Waals surface area contributed by atoms with E-state index >= 15 is 0 Å². The molecule has 2 rings (SSSR count). The fourth-order valence-electron chi connectivity index (χ4n) is 3.16. The summed E-state index contributed by atoms with van der Waals surface area (Å²) in [5.74, 6) is -2.67. The highest BCUT2D eigenvalue weighted by Gasteiger charge is 2.31. The topological polar surface area (TPSA) is 157 Å². The number of hydrogen-bond acceptors (Lipinski definition) is 6. The van der Waals surface area contributed by atoms with Gasteiger partial charge in [-0.3, -0.25) is 29.8 Å². The zero-order chi connectivity index (χ0) is 23.3. The van der Waals surface area contributed by atoms with Gasteiger partial charge in [0.15, 0.2) is 0 Å². The third-order valence-electron chi connectivity index (χ3n) is 4.52. The minimum atomic E-state index is -2.41. The first-order valence-corrected chi connectivity index (χ1v) is 10.1. The second-order valence-electron chi connectivity index (χ2n) is 7.44. The molecular formula is C19H26ClFN6O4. The molecule has 31 heavy (non-hydrogen) atoms. The van der Waals surface area contributed by atoms with E-state index in [1.807, 2.05) is 13.8 Å². The van der Waals surface area contributed by atoms with Crippen LogP contribution in [-0.2, 0) is 9.59 Å². The van der Waals surface area contributed by atoms with Crippen molar-refractivity contribution < 1.29 is 23.9 Å². The van der Waals surface area contributed by atoms with E-state index < -0.39 is 35.6 Å². The van der Waals surface area contributed by atoms with Crippen molar-refractivity contribution in [2.45, 2.75) is 44.6 Å². The lowest BCUT2D eigenvalue weighted by Gasteiger charge is -2.28. The highest BCUT2D eigenvalue weighted by molar-refractivity contribution is 6.29. The number of pyridine rings is 1. The summed E-state index contributed by atoms with van der Waals surface area (Å²) in [6.45, 7) is 3.47. The fourth-order valence-corrected chi connectivity index (χ4v) is 3.28. The SMILES string of the molecule is CC(C)C[C@@H](C(=O)NN(CC[C@@H](N)O)C(=O)[C@@H](F)Cl)n1c(C(N)=O)cc2ncccc21. The number of amides is 3. The summed E-state index contributed by atoms with van der Waals surface area (Å²) in [5.41, 5.74) is 11.8. The van der Waals surface area contributed by atoms with Gasteiger partial charge < -0.3 is 21.1 Å². The lowest BCUT2D eigenvalue weighted by molar-refractivity contribution is -0.145. The number of hydrazine groups is 1. The molecule has 0 aromatic carbocycles. The first-order valence-electron chi connectivity index (χ1n) is 9.62. The van der Waals surface area contributed by atoms with Crippen LogP contribution in [0.15, 0.2) is 24.4 Å². The largest absolute Gasteiger partial charge is 0.379 e. The van der Waals surface area contributed by atoms with E-state index in [-0.39, 0.29) is 31.0 Å². The second-order valence-corrected chi connectivity index (χ2v) is 7.82. The number of aromatic nitrogens is 2. The van der Waals surface area contributed by atoms with Gasteiger partial charge in [-0.1, -0.05) is 25.4 Å². The van der Waals surface area contributed by atoms with Crippen LogP contribution >= 0.6 is 11.6 Å². The molecule has 0 bridgehead atoms. The number of halogens is 2. The summed E-state index contributed by atoms with van der Waals surface area (Å²) in [4.78, 5) is 41.6. The van der Waals surface area contributed by atoms with Gasteiger partial charge in [0, 0.05) is 19.2 Å². The number of nitrogens with zero attached hydrogens (tertiary/aromatic N) is 3. The van der Waals surface area contributed by atoms with Gasteiger partial charge in [0.1, 0.15) is 18.0 Å². The van der Waals surface area contributed by atoms with Crippen molar-refractivity contribution in [1.29, 1.82) is 0 Å². The van der Waals surface area contributed by atoms with Crippen LogP contribution in [0.3, 0.4) is 0 Å². The number of nitrogens with one attached hydrogen (secondary N) is 1. The molecule has 0 aliphatic heterocycles. The number of hydrogen-bond donors (Lipinski definition) is 4.